The van der Waals surface area contributed by atoms with E-state index in [1.54, 1.807) is 7.11 Å². The summed E-state index contributed by atoms with van der Waals surface area (Å²) in [5, 5.41) is 0. The van der Waals surface area contributed by atoms with Crippen LogP contribution in [0.25, 0.3) is 0 Å². The van der Waals surface area contributed by atoms with E-state index in [9.17, 15) is 0 Å². The molecule has 0 radical (unpaired) electrons. The van der Waals surface area contributed by atoms with Crippen LogP contribution >= 0.6 is 0 Å². The smallest absolute Gasteiger partial charge is 0.206 e. The number of anilines is 1. The van der Waals surface area contributed by atoms with Crippen LogP contribution in [0.15, 0.2) is 6.20 Å². The van der Waals surface area contributed by atoms with Crippen LogP contribution in [0.1, 0.15) is 38.9 Å². The first-order valence-corrected chi connectivity index (χ1v) is 7.64. The Balaban J connectivity index is 2.23. The van der Waals surface area contributed by atoms with E-state index in [-0.39, 0.29) is 0 Å². The minimum Gasteiger partial charge on any atom is -0.383 e. The lowest BCUT2D eigenvalue weighted by Gasteiger charge is -2.36. The number of rotatable bonds is 5. The third kappa shape index (κ3) is 3.15. The molecule has 0 bridgehead atoms. The predicted molar refractivity (Wildman–Crippen MR) is 82.2 cm³/mol. The van der Waals surface area contributed by atoms with Crippen molar-refractivity contribution in [3.63, 3.8) is 0 Å². The first kappa shape index (κ1) is 15.3. The maximum atomic E-state index is 6.12. The molecule has 1 aliphatic rings. The zero-order valence-corrected chi connectivity index (χ0v) is 13.2. The number of aryl methyl sites for hydroxylation is 1. The van der Waals surface area contributed by atoms with Crippen LogP contribution in [0.5, 0.6) is 0 Å². The van der Waals surface area contributed by atoms with Crippen molar-refractivity contribution in [2.24, 2.45) is 11.7 Å². The van der Waals surface area contributed by atoms with Gasteiger partial charge in [-0.25, -0.2) is 4.98 Å². The summed E-state index contributed by atoms with van der Waals surface area (Å²) in [6.07, 6.45) is 4.16. The summed E-state index contributed by atoms with van der Waals surface area (Å²) in [6.45, 7) is 9.23. The third-order valence-electron chi connectivity index (χ3n) is 4.26. The van der Waals surface area contributed by atoms with E-state index in [2.05, 4.69) is 36.4 Å². The quantitative estimate of drug-likeness (QED) is 0.894. The van der Waals surface area contributed by atoms with Crippen LogP contribution in [-0.2, 0) is 11.2 Å². The fourth-order valence-corrected chi connectivity index (χ4v) is 2.83. The van der Waals surface area contributed by atoms with Gasteiger partial charge in [-0.1, -0.05) is 13.8 Å². The molecule has 0 spiro atoms. The summed E-state index contributed by atoms with van der Waals surface area (Å²) in [4.78, 5) is 7.18. The van der Waals surface area contributed by atoms with Gasteiger partial charge in [0, 0.05) is 32.4 Å². The topological polar surface area (TPSA) is 56.3 Å². The SMILES string of the molecule is CCc1cn(C(C)COC)c(N2CCC(N)C(C)C2)n1. The molecule has 1 aliphatic heterocycles. The van der Waals surface area contributed by atoms with Gasteiger partial charge in [-0.2, -0.15) is 0 Å². The highest BCUT2D eigenvalue weighted by Crippen LogP contribution is 2.25. The summed E-state index contributed by atoms with van der Waals surface area (Å²) in [6, 6.07) is 0.616. The van der Waals surface area contributed by atoms with Crippen LogP contribution in [0.2, 0.25) is 0 Å². The lowest BCUT2D eigenvalue weighted by Crippen LogP contribution is -2.47. The van der Waals surface area contributed by atoms with Gasteiger partial charge in [-0.3, -0.25) is 0 Å². The van der Waals surface area contributed by atoms with Gasteiger partial charge in [-0.15, -0.1) is 0 Å². The van der Waals surface area contributed by atoms with Crippen molar-refractivity contribution in [2.45, 2.75) is 45.7 Å². The van der Waals surface area contributed by atoms with E-state index in [0.717, 1.165) is 37.6 Å². The molecule has 3 atom stereocenters. The van der Waals surface area contributed by atoms with Gasteiger partial charge in [0.1, 0.15) is 0 Å². The Bertz CT molecular complexity index is 432. The number of nitrogens with two attached hydrogens (primary N) is 1. The molecular weight excluding hydrogens is 252 g/mol. The van der Waals surface area contributed by atoms with E-state index in [1.165, 1.54) is 0 Å². The molecule has 1 saturated heterocycles. The number of nitrogens with zero attached hydrogens (tertiary/aromatic N) is 3. The Kier molecular flexibility index (Phi) is 5.05. The predicted octanol–water partition coefficient (Wildman–Crippen LogP) is 1.83. The van der Waals surface area contributed by atoms with Crippen molar-refractivity contribution >= 4 is 5.95 Å². The van der Waals surface area contributed by atoms with Gasteiger partial charge in [0.2, 0.25) is 5.95 Å². The molecule has 1 fully saturated rings. The highest BCUT2D eigenvalue weighted by atomic mass is 16.5. The highest BCUT2D eigenvalue weighted by Gasteiger charge is 2.27. The average molecular weight is 280 g/mol. The fourth-order valence-electron chi connectivity index (χ4n) is 2.83. The number of piperidine rings is 1. The number of hydrogen-bond acceptors (Lipinski definition) is 4. The molecule has 0 aromatic carbocycles. The van der Waals surface area contributed by atoms with E-state index >= 15 is 0 Å². The Morgan fingerprint density at radius 1 is 1.55 bits per heavy atom. The van der Waals surface area contributed by atoms with Crippen molar-refractivity contribution in [1.82, 2.24) is 9.55 Å². The summed E-state index contributed by atoms with van der Waals surface area (Å²) in [7, 11) is 1.75. The molecule has 5 heteroatoms. The molecule has 2 heterocycles. The van der Waals surface area contributed by atoms with Crippen LogP contribution < -0.4 is 10.6 Å². The summed E-state index contributed by atoms with van der Waals surface area (Å²) < 4.78 is 7.55. The second kappa shape index (κ2) is 6.59. The molecule has 5 nitrogen and oxygen atoms in total. The summed E-state index contributed by atoms with van der Waals surface area (Å²) in [5.74, 6) is 1.59. The van der Waals surface area contributed by atoms with Gasteiger partial charge in [0.05, 0.1) is 18.3 Å². The highest BCUT2D eigenvalue weighted by molar-refractivity contribution is 5.35. The molecule has 2 N–H and O–H groups in total. The number of hydrogen-bond donors (Lipinski definition) is 1. The van der Waals surface area contributed by atoms with E-state index < -0.39 is 0 Å². The average Bonchev–Trinajstić information content (AvgIpc) is 2.86. The van der Waals surface area contributed by atoms with Crippen LogP contribution in [0.4, 0.5) is 5.95 Å². The molecule has 3 unspecified atom stereocenters. The largest absolute Gasteiger partial charge is 0.383 e. The molecule has 0 saturated carbocycles. The fraction of sp³-hybridized carbons (Fsp3) is 0.800. The Labute approximate surface area is 122 Å². The number of methoxy groups -OCH3 is 1. The van der Waals surface area contributed by atoms with Crippen LogP contribution in [0, 0.1) is 5.92 Å². The minimum absolute atomic E-state index is 0.300. The zero-order valence-electron chi connectivity index (χ0n) is 13.2. The maximum Gasteiger partial charge on any atom is 0.206 e. The standard InChI is InChI=1S/C15H28N4O/c1-5-13-9-19(12(3)10-20-4)15(17-13)18-7-6-14(16)11(2)8-18/h9,11-12,14H,5-8,10,16H2,1-4H3. The van der Waals surface area contributed by atoms with Gasteiger partial charge in [-0.05, 0) is 25.7 Å². The van der Waals surface area contributed by atoms with Crippen molar-refractivity contribution in [2.75, 3.05) is 31.7 Å². The van der Waals surface area contributed by atoms with Crippen molar-refractivity contribution < 1.29 is 4.74 Å². The molecule has 114 valence electrons. The lowest BCUT2D eigenvalue weighted by atomic mass is 9.95. The minimum atomic E-state index is 0.300. The summed E-state index contributed by atoms with van der Waals surface area (Å²) >= 11 is 0. The van der Waals surface area contributed by atoms with Crippen LogP contribution in [0.3, 0.4) is 0 Å². The van der Waals surface area contributed by atoms with Gasteiger partial charge in [0.25, 0.3) is 0 Å². The van der Waals surface area contributed by atoms with Gasteiger partial charge in [0.15, 0.2) is 0 Å². The third-order valence-corrected chi connectivity index (χ3v) is 4.26. The Morgan fingerprint density at radius 3 is 2.90 bits per heavy atom. The Hall–Kier alpha value is -1.07. The summed E-state index contributed by atoms with van der Waals surface area (Å²) in [5.41, 5.74) is 7.27. The number of imidazole rings is 1. The number of aromatic nitrogens is 2. The van der Waals surface area contributed by atoms with Crippen LogP contribution in [-0.4, -0.2) is 42.4 Å². The number of ether oxygens (including phenoxy) is 1. The lowest BCUT2D eigenvalue weighted by molar-refractivity contribution is 0.162. The maximum absolute atomic E-state index is 6.12. The Morgan fingerprint density at radius 2 is 2.30 bits per heavy atom. The first-order valence-electron chi connectivity index (χ1n) is 7.64. The second-order valence-electron chi connectivity index (χ2n) is 5.97. The van der Waals surface area contributed by atoms with Gasteiger partial charge >= 0.3 is 0 Å². The molecular formula is C15H28N4O. The van der Waals surface area contributed by atoms with Crippen molar-refractivity contribution in [3.05, 3.63) is 11.9 Å². The van der Waals surface area contributed by atoms with Gasteiger partial charge < -0.3 is 19.9 Å². The molecule has 1 aromatic heterocycles. The molecule has 0 aliphatic carbocycles. The van der Waals surface area contributed by atoms with Crippen molar-refractivity contribution in [1.29, 1.82) is 0 Å². The molecule has 1 aromatic rings. The monoisotopic (exact) mass is 280 g/mol. The second-order valence-corrected chi connectivity index (χ2v) is 5.97. The van der Waals surface area contributed by atoms with Crippen molar-refractivity contribution in [3.8, 4) is 0 Å². The van der Waals surface area contributed by atoms with E-state index in [0.29, 0.717) is 24.6 Å². The van der Waals surface area contributed by atoms with E-state index in [1.807, 2.05) is 0 Å². The molecule has 20 heavy (non-hydrogen) atoms. The first-order chi connectivity index (χ1) is 9.56. The molecule has 0 amide bonds. The normalized spacial score (nSPS) is 24.9. The molecule has 2 rings (SSSR count). The zero-order chi connectivity index (χ0) is 14.7. The van der Waals surface area contributed by atoms with E-state index in [4.69, 9.17) is 15.5 Å².